The number of nitrogens with zero attached hydrogens (tertiary/aromatic N) is 2. The smallest absolute Gasteiger partial charge is 0.238 e. The third kappa shape index (κ3) is 4.10. The average molecular weight is 340 g/mol. The molecule has 3 aromatic rings. The second-order valence-corrected chi connectivity index (χ2v) is 6.10. The highest BCUT2D eigenvalue weighted by molar-refractivity contribution is 6.32. The first-order chi connectivity index (χ1) is 11.6. The van der Waals surface area contributed by atoms with E-state index in [1.54, 1.807) is 18.3 Å². The van der Waals surface area contributed by atoms with Crippen LogP contribution in [-0.2, 0) is 11.3 Å². The average Bonchev–Trinajstić information content (AvgIpc) is 2.56. The van der Waals surface area contributed by atoms with Crippen LogP contribution in [0.15, 0.2) is 60.8 Å². The van der Waals surface area contributed by atoms with Gasteiger partial charge in [0.25, 0.3) is 0 Å². The van der Waals surface area contributed by atoms with Crippen molar-refractivity contribution in [2.45, 2.75) is 6.54 Å². The summed E-state index contributed by atoms with van der Waals surface area (Å²) in [5.41, 5.74) is 1.70. The van der Waals surface area contributed by atoms with Crippen molar-refractivity contribution in [3.8, 4) is 0 Å². The third-order valence-corrected chi connectivity index (χ3v) is 4.01. The van der Waals surface area contributed by atoms with E-state index < -0.39 is 0 Å². The molecule has 1 aromatic heterocycles. The van der Waals surface area contributed by atoms with Gasteiger partial charge >= 0.3 is 0 Å². The zero-order valence-electron chi connectivity index (χ0n) is 13.4. The molecule has 0 bridgehead atoms. The Balaban J connectivity index is 1.61. The first-order valence-electron chi connectivity index (χ1n) is 7.68. The molecule has 1 amide bonds. The molecule has 5 heteroatoms. The summed E-state index contributed by atoms with van der Waals surface area (Å²) in [7, 11) is 1.92. The second kappa shape index (κ2) is 7.43. The summed E-state index contributed by atoms with van der Waals surface area (Å²) in [5.74, 6) is -0.117. The maximum Gasteiger partial charge on any atom is 0.238 e. The number of halogens is 1. The second-order valence-electron chi connectivity index (χ2n) is 5.74. The van der Waals surface area contributed by atoms with Crippen LogP contribution >= 0.6 is 11.6 Å². The summed E-state index contributed by atoms with van der Waals surface area (Å²) >= 11 is 5.95. The fraction of sp³-hybridized carbons (Fsp3) is 0.158. The number of fused-ring (bicyclic) bond motifs is 1. The predicted octanol–water partition coefficient (Wildman–Crippen LogP) is 3.96. The highest BCUT2D eigenvalue weighted by atomic mass is 35.5. The van der Waals surface area contributed by atoms with E-state index in [1.807, 2.05) is 24.1 Å². The molecule has 0 saturated carbocycles. The maximum atomic E-state index is 12.1. The van der Waals surface area contributed by atoms with Gasteiger partial charge in [-0.1, -0.05) is 48.0 Å². The zero-order chi connectivity index (χ0) is 16.9. The fourth-order valence-corrected chi connectivity index (χ4v) is 2.79. The summed E-state index contributed by atoms with van der Waals surface area (Å²) in [6.07, 6.45) is 1.59. The number of pyridine rings is 1. The molecular formula is C19H18ClN3O. The first-order valence-corrected chi connectivity index (χ1v) is 8.06. The Morgan fingerprint density at radius 2 is 1.92 bits per heavy atom. The number of carbonyl (C=O) groups excluding carboxylic acids is 1. The highest BCUT2D eigenvalue weighted by Gasteiger charge is 2.10. The van der Waals surface area contributed by atoms with E-state index in [2.05, 4.69) is 40.6 Å². The normalized spacial score (nSPS) is 11.0. The molecule has 122 valence electrons. The van der Waals surface area contributed by atoms with Crippen molar-refractivity contribution in [1.82, 2.24) is 9.88 Å². The minimum atomic E-state index is -0.117. The SMILES string of the molecule is CN(CC(=O)Nc1cccnc1Cl)Cc1ccc2ccccc2c1. The lowest BCUT2D eigenvalue weighted by Gasteiger charge is -2.17. The van der Waals surface area contributed by atoms with Gasteiger partial charge in [-0.25, -0.2) is 4.98 Å². The number of hydrogen-bond donors (Lipinski definition) is 1. The van der Waals surface area contributed by atoms with Crippen LogP contribution < -0.4 is 5.32 Å². The summed E-state index contributed by atoms with van der Waals surface area (Å²) in [4.78, 5) is 18.0. The van der Waals surface area contributed by atoms with Crippen molar-refractivity contribution in [2.75, 3.05) is 18.9 Å². The molecule has 0 unspecified atom stereocenters. The Bertz CT molecular complexity index is 866. The Kier molecular flexibility index (Phi) is 5.08. The molecular weight excluding hydrogens is 322 g/mol. The zero-order valence-corrected chi connectivity index (χ0v) is 14.1. The van der Waals surface area contributed by atoms with E-state index in [0.29, 0.717) is 17.4 Å². The van der Waals surface area contributed by atoms with Crippen molar-refractivity contribution in [2.24, 2.45) is 0 Å². The molecule has 3 rings (SSSR count). The van der Waals surface area contributed by atoms with Crippen LogP contribution in [0.25, 0.3) is 10.8 Å². The molecule has 1 heterocycles. The van der Waals surface area contributed by atoms with Crippen LogP contribution in [0, 0.1) is 0 Å². The largest absolute Gasteiger partial charge is 0.322 e. The van der Waals surface area contributed by atoms with Gasteiger partial charge in [0.1, 0.15) is 0 Å². The standard InChI is InChI=1S/C19H18ClN3O/c1-23(13-18(24)22-17-7-4-10-21-19(17)20)12-14-8-9-15-5-2-3-6-16(15)11-14/h2-11H,12-13H2,1H3,(H,22,24). The van der Waals surface area contributed by atoms with E-state index in [4.69, 9.17) is 11.6 Å². The van der Waals surface area contributed by atoms with Crippen molar-refractivity contribution < 1.29 is 4.79 Å². The first kappa shape index (κ1) is 16.4. The van der Waals surface area contributed by atoms with E-state index in [0.717, 1.165) is 0 Å². The van der Waals surface area contributed by atoms with Gasteiger partial charge < -0.3 is 5.32 Å². The fourth-order valence-electron chi connectivity index (χ4n) is 2.62. The molecule has 0 fully saturated rings. The number of amides is 1. The van der Waals surface area contributed by atoms with Crippen LogP contribution in [0.1, 0.15) is 5.56 Å². The summed E-state index contributed by atoms with van der Waals surface area (Å²) in [5, 5.41) is 5.50. The molecule has 0 aliphatic carbocycles. The number of likely N-dealkylation sites (N-methyl/N-ethyl adjacent to an activating group) is 1. The molecule has 0 radical (unpaired) electrons. The Labute approximate surface area is 146 Å². The number of hydrogen-bond acceptors (Lipinski definition) is 3. The third-order valence-electron chi connectivity index (χ3n) is 3.71. The van der Waals surface area contributed by atoms with Crippen molar-refractivity contribution >= 4 is 34.0 Å². The minimum Gasteiger partial charge on any atom is -0.322 e. The van der Waals surface area contributed by atoms with Crippen LogP contribution in [0.5, 0.6) is 0 Å². The van der Waals surface area contributed by atoms with Crippen LogP contribution in [0.2, 0.25) is 5.15 Å². The van der Waals surface area contributed by atoms with Gasteiger partial charge in [-0.15, -0.1) is 0 Å². The van der Waals surface area contributed by atoms with Crippen molar-refractivity contribution in [3.05, 3.63) is 71.5 Å². The molecule has 4 nitrogen and oxygen atoms in total. The lowest BCUT2D eigenvalue weighted by atomic mass is 10.1. The maximum absolute atomic E-state index is 12.1. The van der Waals surface area contributed by atoms with Gasteiger partial charge in [0.2, 0.25) is 5.91 Å². The van der Waals surface area contributed by atoms with Crippen molar-refractivity contribution in [1.29, 1.82) is 0 Å². The predicted molar refractivity (Wildman–Crippen MR) is 98.2 cm³/mol. The molecule has 0 atom stereocenters. The van der Waals surface area contributed by atoms with Crippen molar-refractivity contribution in [3.63, 3.8) is 0 Å². The number of nitrogens with one attached hydrogen (secondary N) is 1. The Hall–Kier alpha value is -2.43. The van der Waals surface area contributed by atoms with E-state index in [1.165, 1.54) is 16.3 Å². The molecule has 0 aliphatic heterocycles. The number of carbonyl (C=O) groups is 1. The van der Waals surface area contributed by atoms with E-state index in [-0.39, 0.29) is 12.5 Å². The van der Waals surface area contributed by atoms with Crippen LogP contribution in [0.4, 0.5) is 5.69 Å². The lowest BCUT2D eigenvalue weighted by Crippen LogP contribution is -2.29. The summed E-state index contributed by atoms with van der Waals surface area (Å²) < 4.78 is 0. The Morgan fingerprint density at radius 1 is 1.12 bits per heavy atom. The number of anilines is 1. The van der Waals surface area contributed by atoms with Gasteiger partial charge in [-0.05, 0) is 41.6 Å². The van der Waals surface area contributed by atoms with E-state index >= 15 is 0 Å². The monoisotopic (exact) mass is 339 g/mol. The van der Waals surface area contributed by atoms with Crippen LogP contribution in [-0.4, -0.2) is 29.4 Å². The van der Waals surface area contributed by atoms with Gasteiger partial charge in [-0.2, -0.15) is 0 Å². The topological polar surface area (TPSA) is 45.2 Å². The molecule has 24 heavy (non-hydrogen) atoms. The van der Waals surface area contributed by atoms with Gasteiger partial charge in [-0.3, -0.25) is 9.69 Å². The Morgan fingerprint density at radius 3 is 2.71 bits per heavy atom. The summed E-state index contributed by atoms with van der Waals surface area (Å²) in [6.45, 7) is 0.969. The van der Waals surface area contributed by atoms with E-state index in [9.17, 15) is 4.79 Å². The minimum absolute atomic E-state index is 0.117. The quantitative estimate of drug-likeness (QED) is 0.716. The highest BCUT2D eigenvalue weighted by Crippen LogP contribution is 2.18. The molecule has 1 N–H and O–H groups in total. The number of rotatable bonds is 5. The lowest BCUT2D eigenvalue weighted by molar-refractivity contribution is -0.117. The number of benzene rings is 2. The van der Waals surface area contributed by atoms with Crippen LogP contribution in [0.3, 0.4) is 0 Å². The summed E-state index contributed by atoms with van der Waals surface area (Å²) in [6, 6.07) is 18.1. The van der Waals surface area contributed by atoms with Gasteiger partial charge in [0, 0.05) is 12.7 Å². The van der Waals surface area contributed by atoms with Gasteiger partial charge in [0.05, 0.1) is 12.2 Å². The molecule has 0 aliphatic rings. The molecule has 0 saturated heterocycles. The molecule has 0 spiro atoms. The molecule has 2 aromatic carbocycles. The van der Waals surface area contributed by atoms with Gasteiger partial charge in [0.15, 0.2) is 5.15 Å². The number of aromatic nitrogens is 1.